The van der Waals surface area contributed by atoms with Crippen molar-refractivity contribution in [3.63, 3.8) is 0 Å². The quantitative estimate of drug-likeness (QED) is 0.523. The molecule has 0 bridgehead atoms. The van der Waals surface area contributed by atoms with Crippen LogP contribution in [0, 0.1) is 11.3 Å². The van der Waals surface area contributed by atoms with Crippen LogP contribution in [-0.2, 0) is 0 Å². The molecule has 3 unspecified atom stereocenters. The van der Waals surface area contributed by atoms with E-state index in [-0.39, 0.29) is 17.5 Å². The molecule has 1 aliphatic rings. The molecule has 0 amide bonds. The van der Waals surface area contributed by atoms with Gasteiger partial charge in [0, 0.05) is 12.1 Å². The Morgan fingerprint density at radius 1 is 1.30 bits per heavy atom. The van der Waals surface area contributed by atoms with Gasteiger partial charge in [0.2, 0.25) is 0 Å². The van der Waals surface area contributed by atoms with E-state index in [1.807, 2.05) is 0 Å². The second-order valence-corrected chi connectivity index (χ2v) is 4.27. The van der Waals surface area contributed by atoms with E-state index in [0.29, 0.717) is 5.92 Å². The molecule has 1 saturated carbocycles. The van der Waals surface area contributed by atoms with E-state index in [9.17, 15) is 0 Å². The van der Waals surface area contributed by atoms with Gasteiger partial charge in [-0.25, -0.2) is 0 Å². The molecule has 0 aliphatic heterocycles. The molecule has 60 valence electrons. The Morgan fingerprint density at radius 2 is 1.80 bits per heavy atom. The Balaban J connectivity index is 2.71. The molecule has 3 atom stereocenters. The lowest BCUT2D eigenvalue weighted by atomic mass is 9.87. The standard InChI is InChI=1S/C8H18N2/c1-5-4-8(2,3)7(10)6(5)9/h5-7H,4,9-10H2,1-3H3. The molecule has 0 aromatic heterocycles. The summed E-state index contributed by atoms with van der Waals surface area (Å²) in [7, 11) is 0. The van der Waals surface area contributed by atoms with Crippen molar-refractivity contribution in [2.45, 2.75) is 39.3 Å². The smallest absolute Gasteiger partial charge is 0.0247 e. The van der Waals surface area contributed by atoms with E-state index in [1.54, 1.807) is 0 Å². The molecule has 0 radical (unpaired) electrons. The highest BCUT2D eigenvalue weighted by atomic mass is 14.8. The first-order valence-electron chi connectivity index (χ1n) is 3.96. The lowest BCUT2D eigenvalue weighted by molar-refractivity contribution is 0.320. The third-order valence-electron chi connectivity index (χ3n) is 2.82. The van der Waals surface area contributed by atoms with Gasteiger partial charge in [-0.2, -0.15) is 0 Å². The van der Waals surface area contributed by atoms with E-state index in [4.69, 9.17) is 11.5 Å². The third-order valence-corrected chi connectivity index (χ3v) is 2.82. The van der Waals surface area contributed by atoms with Crippen LogP contribution in [0.4, 0.5) is 0 Å². The van der Waals surface area contributed by atoms with Crippen molar-refractivity contribution < 1.29 is 0 Å². The molecule has 10 heavy (non-hydrogen) atoms. The average Bonchev–Trinajstić information content (AvgIpc) is 1.95. The maximum absolute atomic E-state index is 5.92. The topological polar surface area (TPSA) is 52.0 Å². The van der Waals surface area contributed by atoms with Crippen LogP contribution in [0.15, 0.2) is 0 Å². The first kappa shape index (κ1) is 8.02. The SMILES string of the molecule is CC1CC(C)(C)C(N)C1N. The summed E-state index contributed by atoms with van der Waals surface area (Å²) >= 11 is 0. The highest BCUT2D eigenvalue weighted by Crippen LogP contribution is 2.38. The van der Waals surface area contributed by atoms with Gasteiger partial charge in [-0.05, 0) is 17.8 Å². The maximum Gasteiger partial charge on any atom is 0.0247 e. The van der Waals surface area contributed by atoms with Crippen LogP contribution < -0.4 is 11.5 Å². The lowest BCUT2D eigenvalue weighted by Crippen LogP contribution is -2.45. The summed E-state index contributed by atoms with van der Waals surface area (Å²) in [6.07, 6.45) is 1.16. The van der Waals surface area contributed by atoms with E-state index in [0.717, 1.165) is 6.42 Å². The summed E-state index contributed by atoms with van der Waals surface area (Å²) in [5.74, 6) is 0.588. The second kappa shape index (κ2) is 2.21. The summed E-state index contributed by atoms with van der Waals surface area (Å²) in [5.41, 5.74) is 12.0. The van der Waals surface area contributed by atoms with Gasteiger partial charge < -0.3 is 11.5 Å². The van der Waals surface area contributed by atoms with Crippen molar-refractivity contribution in [1.29, 1.82) is 0 Å². The zero-order chi connectivity index (χ0) is 7.94. The molecule has 4 N–H and O–H groups in total. The molecule has 0 aromatic carbocycles. The highest BCUT2D eigenvalue weighted by Gasteiger charge is 2.41. The molecular formula is C8H18N2. The van der Waals surface area contributed by atoms with Crippen LogP contribution in [0.5, 0.6) is 0 Å². The number of hydrogen-bond acceptors (Lipinski definition) is 2. The predicted molar refractivity (Wildman–Crippen MR) is 43.5 cm³/mol. The summed E-state index contributed by atoms with van der Waals surface area (Å²) < 4.78 is 0. The van der Waals surface area contributed by atoms with Gasteiger partial charge in [-0.3, -0.25) is 0 Å². The van der Waals surface area contributed by atoms with E-state index in [1.165, 1.54) is 0 Å². The summed E-state index contributed by atoms with van der Waals surface area (Å²) in [4.78, 5) is 0. The number of hydrogen-bond donors (Lipinski definition) is 2. The normalized spacial score (nSPS) is 45.9. The zero-order valence-electron chi connectivity index (χ0n) is 7.09. The first-order chi connectivity index (χ1) is 4.45. The molecule has 1 rings (SSSR count). The average molecular weight is 142 g/mol. The summed E-state index contributed by atoms with van der Waals surface area (Å²) in [6.45, 7) is 6.57. The minimum absolute atomic E-state index is 0.183. The van der Waals surface area contributed by atoms with E-state index in [2.05, 4.69) is 20.8 Å². The molecule has 2 heteroatoms. The van der Waals surface area contributed by atoms with Crippen LogP contribution in [0.2, 0.25) is 0 Å². The van der Waals surface area contributed by atoms with Crippen molar-refractivity contribution in [1.82, 2.24) is 0 Å². The van der Waals surface area contributed by atoms with Gasteiger partial charge in [0.1, 0.15) is 0 Å². The molecule has 1 aliphatic carbocycles. The highest BCUT2D eigenvalue weighted by molar-refractivity contribution is 4.99. The van der Waals surface area contributed by atoms with Gasteiger partial charge in [0.05, 0.1) is 0 Å². The van der Waals surface area contributed by atoms with Crippen molar-refractivity contribution in [3.8, 4) is 0 Å². The Bertz CT molecular complexity index is 131. The third kappa shape index (κ3) is 1.06. The lowest BCUT2D eigenvalue weighted by Gasteiger charge is -2.24. The largest absolute Gasteiger partial charge is 0.326 e. The Morgan fingerprint density at radius 3 is 1.90 bits per heavy atom. The molecule has 0 spiro atoms. The minimum atomic E-state index is 0.183. The van der Waals surface area contributed by atoms with Gasteiger partial charge >= 0.3 is 0 Å². The molecule has 0 aromatic rings. The molecule has 0 heterocycles. The molecule has 2 nitrogen and oxygen atoms in total. The maximum atomic E-state index is 5.92. The molecular weight excluding hydrogens is 124 g/mol. The number of nitrogens with two attached hydrogens (primary N) is 2. The first-order valence-corrected chi connectivity index (χ1v) is 3.96. The van der Waals surface area contributed by atoms with Gasteiger partial charge in [-0.1, -0.05) is 20.8 Å². The second-order valence-electron chi connectivity index (χ2n) is 4.27. The van der Waals surface area contributed by atoms with Gasteiger partial charge in [-0.15, -0.1) is 0 Å². The summed E-state index contributed by atoms with van der Waals surface area (Å²) in [6, 6.07) is 0.387. The number of rotatable bonds is 0. The molecule has 0 saturated heterocycles. The van der Waals surface area contributed by atoms with Crippen molar-refractivity contribution in [3.05, 3.63) is 0 Å². The Hall–Kier alpha value is -0.0800. The van der Waals surface area contributed by atoms with Crippen LogP contribution in [-0.4, -0.2) is 12.1 Å². The van der Waals surface area contributed by atoms with E-state index >= 15 is 0 Å². The summed E-state index contributed by atoms with van der Waals surface area (Å²) in [5, 5.41) is 0. The fourth-order valence-corrected chi connectivity index (χ4v) is 1.98. The van der Waals surface area contributed by atoms with Gasteiger partial charge in [0.25, 0.3) is 0 Å². The van der Waals surface area contributed by atoms with Crippen LogP contribution in [0.25, 0.3) is 0 Å². The van der Waals surface area contributed by atoms with Gasteiger partial charge in [0.15, 0.2) is 0 Å². The van der Waals surface area contributed by atoms with Crippen molar-refractivity contribution in [2.75, 3.05) is 0 Å². The van der Waals surface area contributed by atoms with E-state index < -0.39 is 0 Å². The van der Waals surface area contributed by atoms with Crippen LogP contribution in [0.3, 0.4) is 0 Å². The minimum Gasteiger partial charge on any atom is -0.326 e. The zero-order valence-corrected chi connectivity index (χ0v) is 7.09. The monoisotopic (exact) mass is 142 g/mol. The predicted octanol–water partition coefficient (Wildman–Crippen LogP) is 0.707. The van der Waals surface area contributed by atoms with Crippen LogP contribution >= 0.6 is 0 Å². The fraction of sp³-hybridized carbons (Fsp3) is 1.00. The Kier molecular flexibility index (Phi) is 1.77. The fourth-order valence-electron chi connectivity index (χ4n) is 1.98. The van der Waals surface area contributed by atoms with Crippen molar-refractivity contribution >= 4 is 0 Å². The Labute approximate surface area is 63.0 Å². The van der Waals surface area contributed by atoms with Crippen molar-refractivity contribution in [2.24, 2.45) is 22.8 Å². The molecule has 1 fully saturated rings. The van der Waals surface area contributed by atoms with Crippen LogP contribution in [0.1, 0.15) is 27.2 Å².